The maximum absolute atomic E-state index is 13.2. The number of aromatic nitrogens is 2. The number of carbonyl (C=O) groups excluding carboxylic acids is 1. The number of benzene rings is 2. The molecule has 1 N–H and O–H groups in total. The van der Waals surface area contributed by atoms with Crippen molar-refractivity contribution >= 4 is 11.8 Å². The summed E-state index contributed by atoms with van der Waals surface area (Å²) in [5, 5.41) is 2.47. The van der Waals surface area contributed by atoms with Gasteiger partial charge in [0, 0.05) is 19.8 Å². The normalized spacial score (nSPS) is 10.8. The zero-order chi connectivity index (χ0) is 22.9. The predicted molar refractivity (Wildman–Crippen MR) is 119 cm³/mol. The first kappa shape index (κ1) is 23.0. The molecule has 0 aliphatic rings. The highest BCUT2D eigenvalue weighted by molar-refractivity contribution is 5.84. The van der Waals surface area contributed by atoms with Gasteiger partial charge in [0.2, 0.25) is 0 Å². The summed E-state index contributed by atoms with van der Waals surface area (Å²) >= 11 is 0. The van der Waals surface area contributed by atoms with Crippen molar-refractivity contribution in [2.24, 2.45) is 0 Å². The Kier molecular flexibility index (Phi) is 7.96. The third-order valence-corrected chi connectivity index (χ3v) is 4.70. The van der Waals surface area contributed by atoms with Gasteiger partial charge in [0.1, 0.15) is 23.9 Å². The fourth-order valence-corrected chi connectivity index (χ4v) is 2.98. The number of amides is 1. The van der Waals surface area contributed by atoms with Gasteiger partial charge >= 0.3 is 6.09 Å². The van der Waals surface area contributed by atoms with Gasteiger partial charge in [-0.05, 0) is 29.8 Å². The third kappa shape index (κ3) is 5.71. The maximum atomic E-state index is 13.2. The monoisotopic (exact) mass is 439 g/mol. The Hall–Kier alpha value is -3.69. The summed E-state index contributed by atoms with van der Waals surface area (Å²) in [4.78, 5) is 29.8. The van der Waals surface area contributed by atoms with E-state index in [0.717, 1.165) is 5.56 Å². The molecule has 0 unspecified atom stereocenters. The van der Waals surface area contributed by atoms with Gasteiger partial charge in [-0.2, -0.15) is 0 Å². The largest absolute Gasteiger partial charge is 0.497 e. The quantitative estimate of drug-likeness (QED) is 0.511. The number of anilines is 1. The third-order valence-electron chi connectivity index (χ3n) is 4.70. The topological polar surface area (TPSA) is 101 Å². The van der Waals surface area contributed by atoms with E-state index in [0.29, 0.717) is 17.1 Å². The minimum atomic E-state index is -0.758. The first-order chi connectivity index (χ1) is 15.5. The highest BCUT2D eigenvalue weighted by Crippen LogP contribution is 2.21. The number of nitrogens with zero attached hydrogens (tertiary/aromatic N) is 2. The summed E-state index contributed by atoms with van der Waals surface area (Å²) in [6, 6.07) is 16.3. The Balaban J connectivity index is 1.87. The van der Waals surface area contributed by atoms with Crippen molar-refractivity contribution in [3.05, 3.63) is 76.7 Å². The molecule has 32 heavy (non-hydrogen) atoms. The molecule has 1 heterocycles. The number of ether oxygens (including phenoxy) is 4. The van der Waals surface area contributed by atoms with E-state index in [9.17, 15) is 9.59 Å². The summed E-state index contributed by atoms with van der Waals surface area (Å²) < 4.78 is 22.3. The standard InChI is InChI=1S/C23H25N3O6/c1-29-18-11-9-17(10-12-18)21-24-13-19(22(27)26(21)14-20(30-2)31-3)25-23(28)32-15-16-7-5-4-6-8-16/h4-13,20H,14-15H2,1-3H3,(H,25,28). The summed E-state index contributed by atoms with van der Waals surface area (Å²) in [5.41, 5.74) is 1.02. The van der Waals surface area contributed by atoms with Gasteiger partial charge in [-0.1, -0.05) is 30.3 Å². The van der Waals surface area contributed by atoms with Crippen molar-refractivity contribution in [2.75, 3.05) is 26.6 Å². The van der Waals surface area contributed by atoms with E-state index in [-0.39, 0.29) is 18.8 Å². The zero-order valence-corrected chi connectivity index (χ0v) is 18.1. The molecule has 2 aromatic carbocycles. The lowest BCUT2D eigenvalue weighted by Crippen LogP contribution is -2.33. The number of methoxy groups -OCH3 is 3. The lowest BCUT2D eigenvalue weighted by Gasteiger charge is -2.19. The molecule has 3 aromatic rings. The molecule has 3 rings (SSSR count). The number of hydrogen-bond acceptors (Lipinski definition) is 7. The molecule has 9 nitrogen and oxygen atoms in total. The molecule has 1 amide bonds. The molecule has 0 saturated carbocycles. The second kappa shape index (κ2) is 11.1. The minimum absolute atomic E-state index is 0.0220. The molecule has 1 aromatic heterocycles. The highest BCUT2D eigenvalue weighted by Gasteiger charge is 2.18. The Morgan fingerprint density at radius 1 is 1.03 bits per heavy atom. The Morgan fingerprint density at radius 2 is 1.72 bits per heavy atom. The molecule has 0 radical (unpaired) electrons. The molecule has 0 spiro atoms. The summed E-state index contributed by atoms with van der Waals surface area (Å²) in [6.45, 7) is 0.141. The molecule has 0 bridgehead atoms. The van der Waals surface area contributed by atoms with Crippen molar-refractivity contribution in [1.82, 2.24) is 9.55 Å². The van der Waals surface area contributed by atoms with Gasteiger partial charge in [-0.3, -0.25) is 14.7 Å². The predicted octanol–water partition coefficient (Wildman–Crippen LogP) is 3.29. The smallest absolute Gasteiger partial charge is 0.412 e. The van der Waals surface area contributed by atoms with E-state index >= 15 is 0 Å². The van der Waals surface area contributed by atoms with Gasteiger partial charge < -0.3 is 18.9 Å². The fraction of sp³-hybridized carbons (Fsp3) is 0.261. The van der Waals surface area contributed by atoms with E-state index in [1.807, 2.05) is 30.3 Å². The van der Waals surface area contributed by atoms with E-state index in [1.165, 1.54) is 25.0 Å². The van der Waals surface area contributed by atoms with Crippen LogP contribution in [0.25, 0.3) is 11.4 Å². The molecule has 0 saturated heterocycles. The van der Waals surface area contributed by atoms with Gasteiger partial charge in [0.15, 0.2) is 6.29 Å². The molecule has 0 fully saturated rings. The van der Waals surface area contributed by atoms with Crippen molar-refractivity contribution < 1.29 is 23.7 Å². The van der Waals surface area contributed by atoms with Crippen LogP contribution < -0.4 is 15.6 Å². The number of hydrogen-bond donors (Lipinski definition) is 1. The average molecular weight is 439 g/mol. The molecule has 168 valence electrons. The van der Waals surface area contributed by atoms with Crippen LogP contribution in [-0.2, 0) is 27.4 Å². The summed E-state index contributed by atoms with van der Waals surface area (Å²) in [6.07, 6.45) is -0.144. The van der Waals surface area contributed by atoms with E-state index in [2.05, 4.69) is 10.3 Å². The highest BCUT2D eigenvalue weighted by atomic mass is 16.7. The molecular formula is C23H25N3O6. The SMILES string of the molecule is COc1ccc(-c2ncc(NC(=O)OCc3ccccc3)c(=O)n2CC(OC)OC)cc1. The van der Waals surface area contributed by atoms with Crippen LogP contribution in [0.2, 0.25) is 0 Å². The zero-order valence-electron chi connectivity index (χ0n) is 18.1. The lowest BCUT2D eigenvalue weighted by molar-refractivity contribution is -0.111. The van der Waals surface area contributed by atoms with Crippen molar-refractivity contribution in [3.8, 4) is 17.1 Å². The van der Waals surface area contributed by atoms with Crippen LogP contribution in [0.15, 0.2) is 65.6 Å². The van der Waals surface area contributed by atoms with Crippen molar-refractivity contribution in [1.29, 1.82) is 0 Å². The van der Waals surface area contributed by atoms with Gasteiger partial charge in [-0.15, -0.1) is 0 Å². The van der Waals surface area contributed by atoms with Crippen molar-refractivity contribution in [3.63, 3.8) is 0 Å². The van der Waals surface area contributed by atoms with E-state index in [4.69, 9.17) is 18.9 Å². The Morgan fingerprint density at radius 3 is 2.34 bits per heavy atom. The second-order valence-electron chi connectivity index (χ2n) is 6.73. The number of carbonyl (C=O) groups is 1. The summed E-state index contributed by atoms with van der Waals surface area (Å²) in [7, 11) is 4.52. The molecule has 9 heteroatoms. The van der Waals surface area contributed by atoms with Crippen LogP contribution in [0.1, 0.15) is 5.56 Å². The van der Waals surface area contributed by atoms with Crippen molar-refractivity contribution in [2.45, 2.75) is 19.4 Å². The maximum Gasteiger partial charge on any atom is 0.412 e. The first-order valence-corrected chi connectivity index (χ1v) is 9.83. The van der Waals surface area contributed by atoms with Gasteiger partial charge in [-0.25, -0.2) is 9.78 Å². The van der Waals surface area contributed by atoms with Crippen LogP contribution in [0.3, 0.4) is 0 Å². The molecule has 0 atom stereocenters. The summed E-state index contributed by atoms with van der Waals surface area (Å²) in [5.74, 6) is 1.06. The number of nitrogens with one attached hydrogen (secondary N) is 1. The van der Waals surface area contributed by atoms with Crippen LogP contribution >= 0.6 is 0 Å². The second-order valence-corrected chi connectivity index (χ2v) is 6.73. The molecular weight excluding hydrogens is 414 g/mol. The van der Waals surface area contributed by atoms with E-state index in [1.54, 1.807) is 31.4 Å². The van der Waals surface area contributed by atoms with Crippen LogP contribution in [0.4, 0.5) is 10.5 Å². The fourth-order valence-electron chi connectivity index (χ4n) is 2.98. The molecule has 0 aliphatic heterocycles. The average Bonchev–Trinajstić information content (AvgIpc) is 2.84. The van der Waals surface area contributed by atoms with Gasteiger partial charge in [0.25, 0.3) is 5.56 Å². The van der Waals surface area contributed by atoms with Crippen LogP contribution in [0.5, 0.6) is 5.75 Å². The Bertz CT molecular complexity index is 1080. The number of rotatable bonds is 9. The Labute approximate surface area is 185 Å². The minimum Gasteiger partial charge on any atom is -0.497 e. The van der Waals surface area contributed by atoms with Crippen LogP contribution in [0, 0.1) is 0 Å². The van der Waals surface area contributed by atoms with Gasteiger partial charge in [0.05, 0.1) is 19.9 Å². The molecule has 0 aliphatic carbocycles. The van der Waals surface area contributed by atoms with E-state index < -0.39 is 17.9 Å². The first-order valence-electron chi connectivity index (χ1n) is 9.83. The van der Waals surface area contributed by atoms with Crippen LogP contribution in [-0.4, -0.2) is 43.3 Å². The lowest BCUT2D eigenvalue weighted by atomic mass is 10.2.